The van der Waals surface area contributed by atoms with E-state index in [1.807, 2.05) is 68.4 Å². The fourth-order valence-corrected chi connectivity index (χ4v) is 6.90. The van der Waals surface area contributed by atoms with E-state index in [1.165, 1.54) is 35.2 Å². The lowest BCUT2D eigenvalue weighted by atomic mass is 10.0. The van der Waals surface area contributed by atoms with E-state index in [0.717, 1.165) is 32.0 Å². The number of sulfonamides is 1. The van der Waals surface area contributed by atoms with Crippen molar-refractivity contribution >= 4 is 43.5 Å². The van der Waals surface area contributed by atoms with E-state index >= 15 is 0 Å². The highest BCUT2D eigenvalue weighted by Crippen LogP contribution is 2.34. The summed E-state index contributed by atoms with van der Waals surface area (Å²) < 4.78 is 55.6. The summed E-state index contributed by atoms with van der Waals surface area (Å²) in [7, 11) is -4.41. The molecule has 9 nitrogen and oxygen atoms in total. The molecule has 1 atom stereocenters. The molecule has 0 aromatic heterocycles. The van der Waals surface area contributed by atoms with Crippen molar-refractivity contribution in [3.05, 3.63) is 118 Å². The molecule has 4 aromatic carbocycles. The topological polar surface area (TPSA) is 105 Å². The number of benzene rings is 4. The lowest BCUT2D eigenvalue weighted by molar-refractivity contribution is -0.140. The van der Waals surface area contributed by atoms with Crippen LogP contribution in [0.5, 0.6) is 11.5 Å². The van der Waals surface area contributed by atoms with Crippen LogP contribution in [0.4, 0.5) is 10.1 Å². The molecule has 48 heavy (non-hydrogen) atoms. The molecule has 0 bridgehead atoms. The molecule has 0 saturated heterocycles. The second kappa shape index (κ2) is 15.7. The van der Waals surface area contributed by atoms with Gasteiger partial charge in [-0.05, 0) is 65.6 Å². The number of fused-ring (bicyclic) bond motifs is 1. The summed E-state index contributed by atoms with van der Waals surface area (Å²) in [6.45, 7) is 4.29. The first kappa shape index (κ1) is 34.9. The Kier molecular flexibility index (Phi) is 11.4. The molecule has 0 saturated carbocycles. The van der Waals surface area contributed by atoms with Gasteiger partial charge in [0.25, 0.3) is 10.0 Å². The quantitative estimate of drug-likeness (QED) is 0.182. The Morgan fingerprint density at radius 2 is 1.54 bits per heavy atom. The largest absolute Gasteiger partial charge is 0.486 e. The van der Waals surface area contributed by atoms with Gasteiger partial charge in [-0.1, -0.05) is 72.2 Å². The zero-order valence-electron chi connectivity index (χ0n) is 26.6. The van der Waals surface area contributed by atoms with Crippen LogP contribution in [0.25, 0.3) is 0 Å². The Hall–Kier alpha value is -4.42. The summed E-state index contributed by atoms with van der Waals surface area (Å²) in [5, 5.41) is 2.97. The van der Waals surface area contributed by atoms with Crippen LogP contribution >= 0.6 is 15.9 Å². The normalized spacial score (nSPS) is 13.1. The minimum absolute atomic E-state index is 0.0278. The van der Waals surface area contributed by atoms with Crippen LogP contribution < -0.4 is 19.1 Å². The molecular weight excluding hydrogens is 701 g/mol. The van der Waals surface area contributed by atoms with Gasteiger partial charge in [0, 0.05) is 30.0 Å². The SMILES string of the molecule is CC(C)CNC(=O)[C@@H](Cc1ccccc1)N(Cc1ccc(Br)cc1)C(=O)CN(c1ccc(F)cc1)S(=O)(=O)c1ccc2c(c1)OCCO2. The molecule has 12 heteroatoms. The van der Waals surface area contributed by atoms with Gasteiger partial charge < -0.3 is 19.7 Å². The van der Waals surface area contributed by atoms with E-state index < -0.39 is 34.3 Å². The van der Waals surface area contributed by atoms with Crippen molar-refractivity contribution in [2.24, 2.45) is 5.92 Å². The maximum absolute atomic E-state index is 14.6. The van der Waals surface area contributed by atoms with Gasteiger partial charge in [-0.15, -0.1) is 0 Å². The molecule has 1 heterocycles. The number of nitrogens with zero attached hydrogens (tertiary/aromatic N) is 2. The third kappa shape index (κ3) is 8.73. The van der Waals surface area contributed by atoms with Crippen LogP contribution in [-0.2, 0) is 32.6 Å². The Morgan fingerprint density at radius 3 is 2.21 bits per heavy atom. The molecule has 4 aromatic rings. The van der Waals surface area contributed by atoms with E-state index in [0.29, 0.717) is 18.9 Å². The highest BCUT2D eigenvalue weighted by Gasteiger charge is 2.35. The zero-order chi connectivity index (χ0) is 34.3. The van der Waals surface area contributed by atoms with Crippen LogP contribution in [0.15, 0.2) is 106 Å². The van der Waals surface area contributed by atoms with Crippen LogP contribution in [-0.4, -0.2) is 57.5 Å². The second-order valence-corrected chi connectivity index (χ2v) is 14.6. The zero-order valence-corrected chi connectivity index (χ0v) is 29.0. The van der Waals surface area contributed by atoms with Crippen LogP contribution in [0.1, 0.15) is 25.0 Å². The molecule has 0 fully saturated rings. The Balaban J connectivity index is 1.56. The second-order valence-electron chi connectivity index (χ2n) is 11.8. The van der Waals surface area contributed by atoms with E-state index in [2.05, 4.69) is 21.2 Å². The summed E-state index contributed by atoms with van der Waals surface area (Å²) >= 11 is 3.44. The molecule has 252 valence electrons. The number of hydrogen-bond donors (Lipinski definition) is 1. The molecule has 1 N–H and O–H groups in total. The van der Waals surface area contributed by atoms with Gasteiger partial charge in [-0.25, -0.2) is 12.8 Å². The third-order valence-electron chi connectivity index (χ3n) is 7.72. The van der Waals surface area contributed by atoms with Gasteiger partial charge >= 0.3 is 0 Å². The first-order chi connectivity index (χ1) is 23.0. The number of carbonyl (C=O) groups excluding carboxylic acids is 2. The molecular formula is C36H37BrFN3O6S. The maximum Gasteiger partial charge on any atom is 0.264 e. The van der Waals surface area contributed by atoms with Gasteiger partial charge in [-0.3, -0.25) is 13.9 Å². The van der Waals surface area contributed by atoms with Crippen molar-refractivity contribution in [3.63, 3.8) is 0 Å². The number of anilines is 1. The van der Waals surface area contributed by atoms with Gasteiger partial charge in [0.1, 0.15) is 31.6 Å². The minimum atomic E-state index is -4.41. The average molecular weight is 739 g/mol. The van der Waals surface area contributed by atoms with Crippen LogP contribution in [0.2, 0.25) is 0 Å². The lowest BCUT2D eigenvalue weighted by Crippen LogP contribution is -2.53. The number of carbonyl (C=O) groups is 2. The van der Waals surface area contributed by atoms with Crippen LogP contribution in [0, 0.1) is 11.7 Å². The predicted octanol–water partition coefficient (Wildman–Crippen LogP) is 5.97. The van der Waals surface area contributed by atoms with E-state index in [1.54, 1.807) is 0 Å². The molecule has 2 amide bonds. The highest BCUT2D eigenvalue weighted by atomic mass is 79.9. The summed E-state index contributed by atoms with van der Waals surface area (Å²) in [6, 6.07) is 24.8. The standard InChI is InChI=1S/C36H37BrFN3O6S/c1-25(2)22-39-36(43)32(20-26-6-4-3-5-7-26)40(23-27-8-10-28(37)11-9-27)35(42)24-41(30-14-12-29(38)13-15-30)48(44,45)31-16-17-33-34(21-31)47-19-18-46-33/h3-17,21,25,32H,18-20,22-24H2,1-2H3,(H,39,43)/t32-/m1/s1. The smallest absolute Gasteiger partial charge is 0.264 e. The number of nitrogens with one attached hydrogen (secondary N) is 1. The summed E-state index contributed by atoms with van der Waals surface area (Å²) in [6.07, 6.45) is 0.193. The van der Waals surface area contributed by atoms with E-state index in [-0.39, 0.29) is 47.7 Å². The van der Waals surface area contributed by atoms with Gasteiger partial charge in [0.2, 0.25) is 11.8 Å². The Morgan fingerprint density at radius 1 is 0.875 bits per heavy atom. The summed E-state index contributed by atoms with van der Waals surface area (Å²) in [5.74, 6) is -0.726. The van der Waals surface area contributed by atoms with Crippen LogP contribution in [0.3, 0.4) is 0 Å². The number of ether oxygens (including phenoxy) is 2. The van der Waals surface area contributed by atoms with E-state index in [9.17, 15) is 22.4 Å². The molecule has 1 aliphatic rings. The predicted molar refractivity (Wildman–Crippen MR) is 185 cm³/mol. The first-order valence-electron chi connectivity index (χ1n) is 15.5. The molecule has 0 aliphatic carbocycles. The van der Waals surface area contributed by atoms with Crippen molar-refractivity contribution in [1.82, 2.24) is 10.2 Å². The first-order valence-corrected chi connectivity index (χ1v) is 17.8. The van der Waals surface area contributed by atoms with Crippen molar-refractivity contribution in [2.75, 3.05) is 30.6 Å². The highest BCUT2D eigenvalue weighted by molar-refractivity contribution is 9.10. The summed E-state index contributed by atoms with van der Waals surface area (Å²) in [4.78, 5) is 29.7. The van der Waals surface area contributed by atoms with E-state index in [4.69, 9.17) is 9.47 Å². The monoisotopic (exact) mass is 737 g/mol. The number of hydrogen-bond acceptors (Lipinski definition) is 6. The average Bonchev–Trinajstić information content (AvgIpc) is 3.09. The van der Waals surface area contributed by atoms with Gasteiger partial charge in [-0.2, -0.15) is 0 Å². The number of rotatable bonds is 13. The fraction of sp³-hybridized carbons (Fsp3) is 0.278. The Labute approximate surface area is 288 Å². The van der Waals surface area contributed by atoms with Crippen molar-refractivity contribution in [3.8, 4) is 11.5 Å². The molecule has 0 radical (unpaired) electrons. The molecule has 5 rings (SSSR count). The van der Waals surface area contributed by atoms with Gasteiger partial charge in [0.15, 0.2) is 11.5 Å². The molecule has 0 unspecified atom stereocenters. The van der Waals surface area contributed by atoms with Gasteiger partial charge in [0.05, 0.1) is 10.6 Å². The van der Waals surface area contributed by atoms with Crippen molar-refractivity contribution in [1.29, 1.82) is 0 Å². The maximum atomic E-state index is 14.6. The molecule has 1 aliphatic heterocycles. The van der Waals surface area contributed by atoms with Crippen molar-refractivity contribution in [2.45, 2.75) is 37.8 Å². The van der Waals surface area contributed by atoms with Crippen molar-refractivity contribution < 1.29 is 31.9 Å². The summed E-state index contributed by atoms with van der Waals surface area (Å²) in [5.41, 5.74) is 1.64. The number of halogens is 2. The minimum Gasteiger partial charge on any atom is -0.486 e. The third-order valence-corrected chi connectivity index (χ3v) is 10.0. The Bertz CT molecular complexity index is 1820. The fourth-order valence-electron chi connectivity index (χ4n) is 5.21. The lowest BCUT2D eigenvalue weighted by Gasteiger charge is -2.34. The molecule has 0 spiro atoms. The number of amides is 2.